The van der Waals surface area contributed by atoms with Crippen LogP contribution in [-0.4, -0.2) is 32.6 Å². The van der Waals surface area contributed by atoms with E-state index in [2.05, 4.69) is 43.0 Å². The van der Waals surface area contributed by atoms with Gasteiger partial charge in [0.05, 0.1) is 23.1 Å². The summed E-state index contributed by atoms with van der Waals surface area (Å²) >= 11 is 0. The number of amides is 1. The Balaban J connectivity index is 1.92. The van der Waals surface area contributed by atoms with E-state index in [1.165, 1.54) is 5.56 Å². The van der Waals surface area contributed by atoms with Crippen molar-refractivity contribution in [3.63, 3.8) is 0 Å². The summed E-state index contributed by atoms with van der Waals surface area (Å²) in [7, 11) is 1.81. The number of carbonyl (C=O) groups excluding carboxylic acids is 1. The maximum absolute atomic E-state index is 13.0. The van der Waals surface area contributed by atoms with Gasteiger partial charge >= 0.3 is 0 Å². The maximum Gasteiger partial charge on any atom is 0.257 e. The first-order valence-electron chi connectivity index (χ1n) is 8.76. The third kappa shape index (κ3) is 3.67. The predicted molar refractivity (Wildman–Crippen MR) is 102 cm³/mol. The molecule has 0 spiro atoms. The van der Waals surface area contributed by atoms with E-state index in [0.29, 0.717) is 12.1 Å². The molecule has 5 heteroatoms. The van der Waals surface area contributed by atoms with Crippen molar-refractivity contribution in [3.05, 3.63) is 77.4 Å². The second-order valence-corrected chi connectivity index (χ2v) is 6.87. The average molecular weight is 348 g/mol. The van der Waals surface area contributed by atoms with Gasteiger partial charge in [0.2, 0.25) is 0 Å². The highest BCUT2D eigenvalue weighted by atomic mass is 16.2. The van der Waals surface area contributed by atoms with Crippen LogP contribution in [0, 0.1) is 6.92 Å². The Morgan fingerprint density at radius 1 is 1.15 bits per heavy atom. The lowest BCUT2D eigenvalue weighted by Crippen LogP contribution is -2.27. The molecule has 0 saturated heterocycles. The normalized spacial score (nSPS) is 11.0. The Kier molecular flexibility index (Phi) is 5.16. The van der Waals surface area contributed by atoms with Crippen molar-refractivity contribution >= 4 is 5.91 Å². The summed E-state index contributed by atoms with van der Waals surface area (Å²) in [4.78, 5) is 18.8. The third-order valence-corrected chi connectivity index (χ3v) is 4.35. The predicted octanol–water partition coefficient (Wildman–Crippen LogP) is 3.97. The van der Waals surface area contributed by atoms with Gasteiger partial charge in [-0.05, 0) is 36.6 Å². The molecule has 0 atom stereocenters. The van der Waals surface area contributed by atoms with Crippen LogP contribution in [0.25, 0.3) is 5.69 Å². The summed E-state index contributed by atoms with van der Waals surface area (Å²) in [6.45, 7) is 6.73. The molecule has 0 aliphatic heterocycles. The van der Waals surface area contributed by atoms with E-state index < -0.39 is 0 Å². The van der Waals surface area contributed by atoms with Crippen LogP contribution in [-0.2, 0) is 6.54 Å². The zero-order valence-corrected chi connectivity index (χ0v) is 15.7. The molecule has 1 amide bonds. The number of aromatic nitrogens is 3. The standard InChI is InChI=1S/C21H24N4O/c1-15(2)20-19(13-23-25(20)18-9-7-16(3)8-10-18)21(26)24(4)14-17-6-5-11-22-12-17/h5-13,15H,14H2,1-4H3. The highest BCUT2D eigenvalue weighted by molar-refractivity contribution is 5.95. The molecule has 1 aromatic carbocycles. The number of benzene rings is 1. The minimum absolute atomic E-state index is 0.0316. The number of aryl methyl sites for hydroxylation is 1. The van der Waals surface area contributed by atoms with Crippen LogP contribution < -0.4 is 0 Å². The van der Waals surface area contributed by atoms with Gasteiger partial charge in [-0.15, -0.1) is 0 Å². The molecule has 0 fully saturated rings. The molecule has 3 aromatic rings. The monoisotopic (exact) mass is 348 g/mol. The van der Waals surface area contributed by atoms with Gasteiger partial charge in [0, 0.05) is 26.0 Å². The molecule has 2 aromatic heterocycles. The molecule has 0 aliphatic rings. The van der Waals surface area contributed by atoms with Crippen molar-refractivity contribution in [3.8, 4) is 5.69 Å². The van der Waals surface area contributed by atoms with Gasteiger partial charge in [-0.25, -0.2) is 4.68 Å². The first-order chi connectivity index (χ1) is 12.5. The van der Waals surface area contributed by atoms with Crippen molar-refractivity contribution in [2.75, 3.05) is 7.05 Å². The first-order valence-corrected chi connectivity index (χ1v) is 8.76. The number of hydrogen-bond donors (Lipinski definition) is 0. The molecule has 26 heavy (non-hydrogen) atoms. The quantitative estimate of drug-likeness (QED) is 0.701. The Morgan fingerprint density at radius 2 is 1.88 bits per heavy atom. The van der Waals surface area contributed by atoms with Crippen LogP contribution in [0.1, 0.15) is 46.9 Å². The van der Waals surface area contributed by atoms with Crippen molar-refractivity contribution in [1.29, 1.82) is 0 Å². The summed E-state index contributed by atoms with van der Waals surface area (Å²) in [5.41, 5.74) is 4.73. The van der Waals surface area contributed by atoms with Crippen LogP contribution in [0.4, 0.5) is 0 Å². The third-order valence-electron chi connectivity index (χ3n) is 4.35. The Hall–Kier alpha value is -2.95. The molecular formula is C21H24N4O. The number of carbonyl (C=O) groups is 1. The van der Waals surface area contributed by atoms with Crippen molar-refractivity contribution in [2.45, 2.75) is 33.2 Å². The van der Waals surface area contributed by atoms with Crippen molar-refractivity contribution < 1.29 is 4.79 Å². The Labute approximate surface area is 154 Å². The van der Waals surface area contributed by atoms with E-state index in [0.717, 1.165) is 16.9 Å². The minimum Gasteiger partial charge on any atom is -0.337 e. The lowest BCUT2D eigenvalue weighted by Gasteiger charge is -2.19. The molecule has 0 saturated carbocycles. The molecule has 0 radical (unpaired) electrons. The van der Waals surface area contributed by atoms with Crippen molar-refractivity contribution in [1.82, 2.24) is 19.7 Å². The van der Waals surface area contributed by atoms with Gasteiger partial charge in [-0.2, -0.15) is 5.10 Å². The largest absolute Gasteiger partial charge is 0.337 e. The van der Waals surface area contributed by atoms with Gasteiger partial charge in [0.1, 0.15) is 0 Å². The number of nitrogens with zero attached hydrogens (tertiary/aromatic N) is 4. The fourth-order valence-electron chi connectivity index (χ4n) is 3.01. The Morgan fingerprint density at radius 3 is 2.50 bits per heavy atom. The number of rotatable bonds is 5. The fraction of sp³-hybridized carbons (Fsp3) is 0.286. The first kappa shape index (κ1) is 17.9. The lowest BCUT2D eigenvalue weighted by molar-refractivity contribution is 0.0783. The van der Waals surface area contributed by atoms with E-state index >= 15 is 0 Å². The van der Waals surface area contributed by atoms with Gasteiger partial charge in [0.25, 0.3) is 5.91 Å². The highest BCUT2D eigenvalue weighted by Gasteiger charge is 2.23. The Bertz CT molecular complexity index is 882. The average Bonchev–Trinajstić information content (AvgIpc) is 3.07. The molecular weight excluding hydrogens is 324 g/mol. The summed E-state index contributed by atoms with van der Waals surface area (Å²) in [6, 6.07) is 12.0. The van der Waals surface area contributed by atoms with Crippen LogP contribution in [0.3, 0.4) is 0 Å². The van der Waals surface area contributed by atoms with Gasteiger partial charge < -0.3 is 4.90 Å². The van der Waals surface area contributed by atoms with E-state index in [1.807, 2.05) is 36.0 Å². The molecule has 0 unspecified atom stereocenters. The topological polar surface area (TPSA) is 51.0 Å². The van der Waals surface area contributed by atoms with Crippen LogP contribution >= 0.6 is 0 Å². The molecule has 0 N–H and O–H groups in total. The number of hydrogen-bond acceptors (Lipinski definition) is 3. The van der Waals surface area contributed by atoms with Gasteiger partial charge in [-0.3, -0.25) is 9.78 Å². The maximum atomic E-state index is 13.0. The van der Waals surface area contributed by atoms with E-state index in [4.69, 9.17) is 0 Å². The van der Waals surface area contributed by atoms with Gasteiger partial charge in [0.15, 0.2) is 0 Å². The van der Waals surface area contributed by atoms with E-state index in [9.17, 15) is 4.79 Å². The smallest absolute Gasteiger partial charge is 0.257 e. The number of pyridine rings is 1. The summed E-state index contributed by atoms with van der Waals surface area (Å²) in [6.07, 6.45) is 5.19. The minimum atomic E-state index is -0.0316. The van der Waals surface area contributed by atoms with Crippen LogP contribution in [0.15, 0.2) is 55.0 Å². The SMILES string of the molecule is Cc1ccc(-n2ncc(C(=O)N(C)Cc3cccnc3)c2C(C)C)cc1. The van der Waals surface area contributed by atoms with Gasteiger partial charge in [-0.1, -0.05) is 37.6 Å². The second-order valence-electron chi connectivity index (χ2n) is 6.87. The zero-order chi connectivity index (χ0) is 18.7. The lowest BCUT2D eigenvalue weighted by atomic mass is 10.0. The zero-order valence-electron chi connectivity index (χ0n) is 15.7. The van der Waals surface area contributed by atoms with Crippen LogP contribution in [0.2, 0.25) is 0 Å². The highest BCUT2D eigenvalue weighted by Crippen LogP contribution is 2.24. The summed E-state index contributed by atoms with van der Waals surface area (Å²) < 4.78 is 1.87. The molecule has 3 rings (SSSR count). The molecule has 2 heterocycles. The second kappa shape index (κ2) is 7.52. The van der Waals surface area contributed by atoms with E-state index in [1.54, 1.807) is 23.5 Å². The van der Waals surface area contributed by atoms with E-state index in [-0.39, 0.29) is 11.8 Å². The van der Waals surface area contributed by atoms with Crippen LogP contribution in [0.5, 0.6) is 0 Å². The summed E-state index contributed by atoms with van der Waals surface area (Å²) in [5, 5.41) is 4.50. The molecule has 134 valence electrons. The molecule has 0 aliphatic carbocycles. The summed E-state index contributed by atoms with van der Waals surface area (Å²) in [5.74, 6) is 0.139. The van der Waals surface area contributed by atoms with Crippen molar-refractivity contribution in [2.24, 2.45) is 0 Å². The fourth-order valence-corrected chi connectivity index (χ4v) is 3.01. The molecule has 0 bridgehead atoms. The molecule has 5 nitrogen and oxygen atoms in total.